The first-order chi connectivity index (χ1) is 10.4. The summed E-state index contributed by atoms with van der Waals surface area (Å²) in [6, 6.07) is 4.04. The average molecular weight is 302 g/mol. The summed E-state index contributed by atoms with van der Waals surface area (Å²) >= 11 is 0. The van der Waals surface area contributed by atoms with E-state index in [0.717, 1.165) is 36.1 Å². The van der Waals surface area contributed by atoms with Crippen molar-refractivity contribution in [1.82, 2.24) is 10.6 Å². The van der Waals surface area contributed by atoms with Gasteiger partial charge in [0, 0.05) is 11.7 Å². The van der Waals surface area contributed by atoms with Crippen LogP contribution in [0.15, 0.2) is 12.1 Å². The fraction of sp³-hybridized carbons (Fsp3) is 0.529. The van der Waals surface area contributed by atoms with Crippen molar-refractivity contribution in [3.05, 3.63) is 28.8 Å². The molecular weight excluding hydrogens is 276 g/mol. The molecule has 5 heteroatoms. The van der Waals surface area contributed by atoms with Crippen LogP contribution in [0.1, 0.15) is 55.7 Å². The third kappa shape index (κ3) is 3.78. The number of hydrogen-bond acceptors (Lipinski definition) is 2. The number of anilines is 1. The van der Waals surface area contributed by atoms with Crippen LogP contribution in [0.25, 0.3) is 0 Å². The second-order valence-electron chi connectivity index (χ2n) is 6.30. The van der Waals surface area contributed by atoms with Crippen LogP contribution < -0.4 is 16.0 Å². The lowest BCUT2D eigenvalue weighted by molar-refractivity contribution is 0.241. The van der Waals surface area contributed by atoms with E-state index < -0.39 is 0 Å². The molecule has 2 unspecified atom stereocenters. The molecule has 2 amide bonds. The van der Waals surface area contributed by atoms with E-state index in [-0.39, 0.29) is 18.0 Å². The van der Waals surface area contributed by atoms with Gasteiger partial charge in [0.05, 0.1) is 0 Å². The zero-order valence-corrected chi connectivity index (χ0v) is 13.8. The molecule has 1 aliphatic rings. The molecule has 2 atom stereocenters. The van der Waals surface area contributed by atoms with Crippen molar-refractivity contribution >= 4 is 17.7 Å². The number of hydrogen-bond donors (Lipinski definition) is 4. The van der Waals surface area contributed by atoms with Crippen molar-refractivity contribution < 1.29 is 4.79 Å². The Balaban J connectivity index is 2.35. The average Bonchev–Trinajstić information content (AvgIpc) is 2.42. The highest BCUT2D eigenvalue weighted by atomic mass is 16.2. The van der Waals surface area contributed by atoms with E-state index in [1.807, 2.05) is 13.8 Å². The van der Waals surface area contributed by atoms with Crippen molar-refractivity contribution in [2.24, 2.45) is 0 Å². The largest absolute Gasteiger partial charge is 0.335 e. The van der Waals surface area contributed by atoms with Gasteiger partial charge in [-0.05, 0) is 56.2 Å². The summed E-state index contributed by atoms with van der Waals surface area (Å²) < 4.78 is 0. The highest BCUT2D eigenvalue weighted by molar-refractivity contribution is 6.02. The highest BCUT2D eigenvalue weighted by Gasteiger charge is 2.17. The Morgan fingerprint density at radius 1 is 1.14 bits per heavy atom. The molecule has 0 spiro atoms. The molecule has 5 nitrogen and oxygen atoms in total. The minimum absolute atomic E-state index is 0.0000463. The number of nitrogens with one attached hydrogen (secondary N) is 4. The van der Waals surface area contributed by atoms with E-state index in [1.165, 1.54) is 5.56 Å². The SMILES string of the molecule is Cc1ccc2c(C)c1NC(=N)NC(=O)NC(C)CCCC2C. The second kappa shape index (κ2) is 6.81. The maximum absolute atomic E-state index is 11.9. The van der Waals surface area contributed by atoms with Gasteiger partial charge in [0.2, 0.25) is 5.96 Å². The Bertz CT molecular complexity index is 582. The van der Waals surface area contributed by atoms with Crippen molar-refractivity contribution in [3.63, 3.8) is 0 Å². The molecule has 22 heavy (non-hydrogen) atoms. The molecule has 0 radical (unpaired) electrons. The van der Waals surface area contributed by atoms with Crippen LogP contribution in [-0.2, 0) is 0 Å². The number of rotatable bonds is 0. The number of aryl methyl sites for hydroxylation is 1. The number of fused-ring (bicyclic) bond motifs is 2. The van der Waals surface area contributed by atoms with Crippen molar-refractivity contribution in [1.29, 1.82) is 5.41 Å². The van der Waals surface area contributed by atoms with Gasteiger partial charge < -0.3 is 10.6 Å². The van der Waals surface area contributed by atoms with Gasteiger partial charge in [-0.2, -0.15) is 0 Å². The fourth-order valence-corrected chi connectivity index (χ4v) is 3.08. The zero-order chi connectivity index (χ0) is 16.3. The number of urea groups is 1. The number of carbonyl (C=O) groups excluding carboxylic acids is 1. The molecule has 0 saturated heterocycles. The lowest BCUT2D eigenvalue weighted by Crippen LogP contribution is -2.45. The highest BCUT2D eigenvalue weighted by Crippen LogP contribution is 2.31. The third-order valence-corrected chi connectivity index (χ3v) is 4.39. The number of amides is 2. The lowest BCUT2D eigenvalue weighted by atomic mass is 9.89. The van der Waals surface area contributed by atoms with Gasteiger partial charge in [0.15, 0.2) is 0 Å². The maximum atomic E-state index is 11.9. The molecule has 0 aromatic heterocycles. The Kier molecular flexibility index (Phi) is 5.06. The Labute approximate surface area is 132 Å². The van der Waals surface area contributed by atoms with Gasteiger partial charge in [-0.3, -0.25) is 10.7 Å². The first kappa shape index (κ1) is 16.3. The molecule has 120 valence electrons. The summed E-state index contributed by atoms with van der Waals surface area (Å²) in [5.41, 5.74) is 4.46. The monoisotopic (exact) mass is 302 g/mol. The zero-order valence-electron chi connectivity index (χ0n) is 13.8. The van der Waals surface area contributed by atoms with E-state index in [4.69, 9.17) is 5.41 Å². The van der Waals surface area contributed by atoms with Crippen molar-refractivity contribution in [2.45, 2.75) is 58.9 Å². The first-order valence-electron chi connectivity index (χ1n) is 7.91. The summed E-state index contributed by atoms with van der Waals surface area (Å²) in [5.74, 6) is 0.465. The van der Waals surface area contributed by atoms with Crippen LogP contribution in [0.3, 0.4) is 0 Å². The molecule has 0 aliphatic carbocycles. The molecule has 1 aromatic rings. The quantitative estimate of drug-likeness (QED) is 0.590. The van der Waals surface area contributed by atoms with Crippen LogP contribution in [0.5, 0.6) is 0 Å². The van der Waals surface area contributed by atoms with Crippen LogP contribution in [0, 0.1) is 19.3 Å². The first-order valence-corrected chi connectivity index (χ1v) is 7.91. The van der Waals surface area contributed by atoms with E-state index in [1.54, 1.807) is 0 Å². The van der Waals surface area contributed by atoms with E-state index >= 15 is 0 Å². The number of guanidine groups is 1. The van der Waals surface area contributed by atoms with Crippen molar-refractivity contribution in [3.8, 4) is 0 Å². The predicted octanol–water partition coefficient (Wildman–Crippen LogP) is 3.63. The minimum Gasteiger partial charge on any atom is -0.335 e. The van der Waals surface area contributed by atoms with E-state index in [0.29, 0.717) is 5.92 Å². The number of benzene rings is 1. The number of carbonyl (C=O) groups is 1. The van der Waals surface area contributed by atoms with Gasteiger partial charge in [-0.1, -0.05) is 25.5 Å². The van der Waals surface area contributed by atoms with E-state index in [9.17, 15) is 4.79 Å². The summed E-state index contributed by atoms with van der Waals surface area (Å²) in [6.07, 6.45) is 3.10. The molecule has 2 bridgehead atoms. The van der Waals surface area contributed by atoms with Crippen LogP contribution in [0.4, 0.5) is 10.5 Å². The summed E-state index contributed by atoms with van der Waals surface area (Å²) in [6.45, 7) is 8.33. The molecule has 2 rings (SSSR count). The molecule has 1 aliphatic heterocycles. The molecule has 1 aromatic carbocycles. The maximum Gasteiger partial charge on any atom is 0.321 e. The molecule has 4 N–H and O–H groups in total. The van der Waals surface area contributed by atoms with E-state index in [2.05, 4.69) is 41.9 Å². The van der Waals surface area contributed by atoms with Gasteiger partial charge in [-0.15, -0.1) is 0 Å². The van der Waals surface area contributed by atoms with Crippen molar-refractivity contribution in [2.75, 3.05) is 5.32 Å². The molecular formula is C17H26N4O. The van der Waals surface area contributed by atoms with Crippen LogP contribution in [0.2, 0.25) is 0 Å². The van der Waals surface area contributed by atoms with Gasteiger partial charge in [0.1, 0.15) is 0 Å². The van der Waals surface area contributed by atoms with Gasteiger partial charge >= 0.3 is 6.03 Å². The normalized spacial score (nSPS) is 23.3. The predicted molar refractivity (Wildman–Crippen MR) is 90.7 cm³/mol. The fourth-order valence-electron chi connectivity index (χ4n) is 3.08. The summed E-state index contributed by atoms with van der Waals surface area (Å²) in [7, 11) is 0. The topological polar surface area (TPSA) is 77.0 Å². The molecule has 1 heterocycles. The molecule has 0 fully saturated rings. The minimum atomic E-state index is -0.330. The standard InChI is InChI=1S/C17H26N4O/c1-10-6-5-7-12(3)19-17(22)21-16(18)20-15-11(2)8-9-14(10)13(15)4/h8-10,12H,5-7H2,1-4H3,(H4,18,19,20,21,22). The van der Waals surface area contributed by atoms with Crippen LogP contribution in [-0.4, -0.2) is 18.0 Å². The third-order valence-electron chi connectivity index (χ3n) is 4.39. The Hall–Kier alpha value is -2.04. The van der Waals surface area contributed by atoms with Gasteiger partial charge in [0.25, 0.3) is 0 Å². The molecule has 0 saturated carbocycles. The summed E-state index contributed by atoms with van der Waals surface area (Å²) in [5, 5.41) is 16.4. The Morgan fingerprint density at radius 3 is 2.59 bits per heavy atom. The Morgan fingerprint density at radius 2 is 1.86 bits per heavy atom. The smallest absolute Gasteiger partial charge is 0.321 e. The van der Waals surface area contributed by atoms with Crippen LogP contribution >= 0.6 is 0 Å². The van der Waals surface area contributed by atoms with Gasteiger partial charge in [-0.25, -0.2) is 4.79 Å². The second-order valence-corrected chi connectivity index (χ2v) is 6.30. The summed E-state index contributed by atoms with van der Waals surface area (Å²) in [4.78, 5) is 11.9. The lowest BCUT2D eigenvalue weighted by Gasteiger charge is -2.20.